The van der Waals surface area contributed by atoms with E-state index in [1.54, 1.807) is 4.90 Å². The lowest BCUT2D eigenvalue weighted by atomic mass is 10.1. The van der Waals surface area contributed by atoms with Crippen LogP contribution in [-0.2, 0) is 14.3 Å². The Kier molecular flexibility index (Phi) is 3.49. The van der Waals surface area contributed by atoms with Crippen molar-refractivity contribution in [3.05, 3.63) is 29.8 Å². The topological polar surface area (TPSA) is 67.9 Å². The molecule has 2 saturated heterocycles. The molecule has 2 amide bonds. The van der Waals surface area contributed by atoms with Gasteiger partial charge < -0.3 is 14.8 Å². The van der Waals surface area contributed by atoms with Gasteiger partial charge in [-0.1, -0.05) is 12.1 Å². The van der Waals surface area contributed by atoms with E-state index in [1.165, 1.54) is 12.5 Å². The molecule has 4 atom stereocenters. The van der Waals surface area contributed by atoms with Crippen LogP contribution in [0.4, 0.5) is 10.5 Å². The summed E-state index contributed by atoms with van der Waals surface area (Å²) in [5.74, 6) is 1.86. The highest BCUT2D eigenvalue weighted by molar-refractivity contribution is 5.89. The number of hydrogen-bond donors (Lipinski definition) is 1. The lowest BCUT2D eigenvalue weighted by molar-refractivity contribution is -0.119. The van der Waals surface area contributed by atoms with Crippen molar-refractivity contribution < 1.29 is 19.1 Å². The predicted octanol–water partition coefficient (Wildman–Crippen LogP) is 1.51. The Bertz CT molecular complexity index is 620. The fourth-order valence-corrected chi connectivity index (χ4v) is 3.71. The molecular formula is C17H20N2O4. The normalized spacial score (nSPS) is 31.7. The first-order chi connectivity index (χ1) is 11.1. The van der Waals surface area contributed by atoms with Gasteiger partial charge in [-0.25, -0.2) is 4.79 Å². The first-order valence-electron chi connectivity index (χ1n) is 8.04. The molecule has 1 saturated carbocycles. The summed E-state index contributed by atoms with van der Waals surface area (Å²) in [6, 6.07) is 8.16. The van der Waals surface area contributed by atoms with Gasteiger partial charge in [0.15, 0.2) is 0 Å². The van der Waals surface area contributed by atoms with Crippen LogP contribution in [-0.4, -0.2) is 44.4 Å². The number of cyclic esters (lactones) is 1. The highest BCUT2D eigenvalue weighted by Gasteiger charge is 2.54. The molecule has 1 N–H and O–H groups in total. The molecule has 3 aliphatic rings. The first-order valence-corrected chi connectivity index (χ1v) is 8.04. The van der Waals surface area contributed by atoms with Crippen molar-refractivity contribution >= 4 is 17.7 Å². The first kappa shape index (κ1) is 14.5. The van der Waals surface area contributed by atoms with E-state index in [4.69, 9.17) is 9.47 Å². The largest absolute Gasteiger partial charge is 0.442 e. The SMILES string of the molecule is CC(=O)NC[C@H]1CN(c2ccc(C3[C@H]4COC[C@@H]34)cc2)C(=O)O1. The Balaban J connectivity index is 1.40. The number of anilines is 1. The maximum absolute atomic E-state index is 12.0. The van der Waals surface area contributed by atoms with Crippen molar-refractivity contribution in [1.29, 1.82) is 0 Å². The van der Waals surface area contributed by atoms with Crippen LogP contribution in [0.25, 0.3) is 0 Å². The Labute approximate surface area is 134 Å². The smallest absolute Gasteiger partial charge is 0.414 e. The third-order valence-corrected chi connectivity index (χ3v) is 4.99. The van der Waals surface area contributed by atoms with Crippen LogP contribution in [0.15, 0.2) is 24.3 Å². The van der Waals surface area contributed by atoms with Crippen molar-refractivity contribution in [3.63, 3.8) is 0 Å². The van der Waals surface area contributed by atoms with Crippen LogP contribution < -0.4 is 10.2 Å². The van der Waals surface area contributed by atoms with Crippen LogP contribution in [0.1, 0.15) is 18.4 Å². The van der Waals surface area contributed by atoms with Crippen LogP contribution in [0.3, 0.4) is 0 Å². The fourth-order valence-electron chi connectivity index (χ4n) is 3.71. The van der Waals surface area contributed by atoms with Gasteiger partial charge in [-0.2, -0.15) is 0 Å². The minimum Gasteiger partial charge on any atom is -0.442 e. The van der Waals surface area contributed by atoms with E-state index in [2.05, 4.69) is 17.4 Å². The Morgan fingerprint density at radius 2 is 1.96 bits per heavy atom. The minimum atomic E-state index is -0.357. The number of amides is 2. The van der Waals surface area contributed by atoms with Gasteiger partial charge in [-0.05, 0) is 35.4 Å². The number of carbonyl (C=O) groups is 2. The predicted molar refractivity (Wildman–Crippen MR) is 83.3 cm³/mol. The molecule has 0 bridgehead atoms. The van der Waals surface area contributed by atoms with Gasteiger partial charge in [-0.15, -0.1) is 0 Å². The van der Waals surface area contributed by atoms with Crippen molar-refractivity contribution in [3.8, 4) is 0 Å². The quantitative estimate of drug-likeness (QED) is 0.914. The average molecular weight is 316 g/mol. The van der Waals surface area contributed by atoms with Crippen molar-refractivity contribution in [1.82, 2.24) is 5.32 Å². The molecule has 6 heteroatoms. The molecule has 1 aromatic rings. The number of nitrogens with zero attached hydrogens (tertiary/aromatic N) is 1. The summed E-state index contributed by atoms with van der Waals surface area (Å²) in [6.45, 7) is 4.01. The van der Waals surface area contributed by atoms with Crippen LogP contribution >= 0.6 is 0 Å². The van der Waals surface area contributed by atoms with E-state index in [1.807, 2.05) is 12.1 Å². The monoisotopic (exact) mass is 316 g/mol. The Hall–Kier alpha value is -2.08. The zero-order valence-electron chi connectivity index (χ0n) is 13.0. The second-order valence-electron chi connectivity index (χ2n) is 6.54. The fraction of sp³-hybridized carbons (Fsp3) is 0.529. The molecule has 6 nitrogen and oxygen atoms in total. The van der Waals surface area contributed by atoms with Crippen LogP contribution in [0.2, 0.25) is 0 Å². The van der Waals surface area contributed by atoms with E-state index < -0.39 is 0 Å². The van der Waals surface area contributed by atoms with Crippen molar-refractivity contribution in [2.45, 2.75) is 18.9 Å². The molecule has 4 rings (SSSR count). The molecule has 122 valence electrons. The van der Waals surface area contributed by atoms with Gasteiger partial charge in [0.1, 0.15) is 6.10 Å². The van der Waals surface area contributed by atoms with Gasteiger partial charge in [0, 0.05) is 12.6 Å². The number of nitrogens with one attached hydrogen (secondary N) is 1. The number of ether oxygens (including phenoxy) is 2. The zero-order chi connectivity index (χ0) is 16.0. The highest BCUT2D eigenvalue weighted by Crippen LogP contribution is 2.57. The molecule has 23 heavy (non-hydrogen) atoms. The van der Waals surface area contributed by atoms with Crippen LogP contribution in [0, 0.1) is 11.8 Å². The summed E-state index contributed by atoms with van der Waals surface area (Å²) >= 11 is 0. The molecule has 2 heterocycles. The van der Waals surface area contributed by atoms with Crippen LogP contribution in [0.5, 0.6) is 0 Å². The number of benzene rings is 1. The maximum atomic E-state index is 12.0. The zero-order valence-corrected chi connectivity index (χ0v) is 13.0. The van der Waals surface area contributed by atoms with Gasteiger partial charge in [0.2, 0.25) is 5.91 Å². The van der Waals surface area contributed by atoms with E-state index in [0.29, 0.717) is 30.8 Å². The molecule has 1 aliphatic carbocycles. The summed E-state index contributed by atoms with van der Waals surface area (Å²) in [5, 5.41) is 2.68. The summed E-state index contributed by atoms with van der Waals surface area (Å²) in [6.07, 6.45) is -0.657. The second-order valence-corrected chi connectivity index (χ2v) is 6.54. The van der Waals surface area contributed by atoms with E-state index in [-0.39, 0.29) is 18.1 Å². The lowest BCUT2D eigenvalue weighted by Gasteiger charge is -2.14. The molecular weight excluding hydrogens is 296 g/mol. The number of carbonyl (C=O) groups excluding carboxylic acids is 2. The molecule has 0 spiro atoms. The Morgan fingerprint density at radius 3 is 2.61 bits per heavy atom. The minimum absolute atomic E-state index is 0.122. The molecule has 3 fully saturated rings. The van der Waals surface area contributed by atoms with Crippen molar-refractivity contribution in [2.24, 2.45) is 11.8 Å². The van der Waals surface area contributed by atoms with Gasteiger partial charge in [0.25, 0.3) is 0 Å². The number of hydrogen-bond acceptors (Lipinski definition) is 4. The number of rotatable bonds is 4. The van der Waals surface area contributed by atoms with E-state index >= 15 is 0 Å². The third kappa shape index (κ3) is 2.67. The molecule has 0 radical (unpaired) electrons. The highest BCUT2D eigenvalue weighted by atomic mass is 16.6. The summed E-state index contributed by atoms with van der Waals surface area (Å²) in [5.41, 5.74) is 2.17. The summed E-state index contributed by atoms with van der Waals surface area (Å²) < 4.78 is 10.7. The molecule has 2 aliphatic heterocycles. The van der Waals surface area contributed by atoms with Gasteiger partial charge in [0.05, 0.1) is 26.3 Å². The van der Waals surface area contributed by atoms with E-state index in [9.17, 15) is 9.59 Å². The van der Waals surface area contributed by atoms with E-state index in [0.717, 1.165) is 18.9 Å². The van der Waals surface area contributed by atoms with Crippen molar-refractivity contribution in [2.75, 3.05) is 31.2 Å². The molecule has 0 aromatic heterocycles. The number of fused-ring (bicyclic) bond motifs is 1. The standard InChI is InChI=1S/C17H20N2O4/c1-10(20)18-6-13-7-19(17(21)23-13)12-4-2-11(3-5-12)16-14-8-22-9-15(14)16/h2-5,13-16H,6-9H2,1H3,(H,18,20)/t13-,14-,15+,16?/m0/s1. The Morgan fingerprint density at radius 1 is 1.26 bits per heavy atom. The molecule has 1 unspecified atom stereocenters. The third-order valence-electron chi connectivity index (χ3n) is 4.99. The van der Waals surface area contributed by atoms with Gasteiger partial charge >= 0.3 is 6.09 Å². The average Bonchev–Trinajstić information content (AvgIpc) is 2.86. The maximum Gasteiger partial charge on any atom is 0.414 e. The lowest BCUT2D eigenvalue weighted by Crippen LogP contribution is -2.33. The van der Waals surface area contributed by atoms with Gasteiger partial charge in [-0.3, -0.25) is 9.69 Å². The molecule has 1 aromatic carbocycles. The second kappa shape index (κ2) is 5.53. The summed E-state index contributed by atoms with van der Waals surface area (Å²) in [4.78, 5) is 24.6. The summed E-state index contributed by atoms with van der Waals surface area (Å²) in [7, 11) is 0.